The fourth-order valence-corrected chi connectivity index (χ4v) is 4.63. The number of nitrogens with one attached hydrogen (secondary N) is 2. The molecule has 2 amide bonds. The molecule has 6 nitrogen and oxygen atoms in total. The second-order valence-corrected chi connectivity index (χ2v) is 9.44. The number of nitrogens with zero attached hydrogens (tertiary/aromatic N) is 2. The standard InChI is InChI=1S/C24H23ClN4O2S2/c1-16-4-5-17(15-20(16)25)22(30)27-24(32)26-18-6-8-19(9-7-18)28-10-12-29(13-11-28)23(31)21-3-2-14-33-21/h2-9,14-15H,10-13H2,1H3,(H2,26,27,30,32). The maximum absolute atomic E-state index is 12.5. The molecule has 0 atom stereocenters. The summed E-state index contributed by atoms with van der Waals surface area (Å²) in [7, 11) is 0. The van der Waals surface area contributed by atoms with E-state index in [2.05, 4.69) is 15.5 Å². The molecule has 0 unspecified atom stereocenters. The number of amides is 2. The van der Waals surface area contributed by atoms with Gasteiger partial charge in [-0.05, 0) is 72.5 Å². The summed E-state index contributed by atoms with van der Waals surface area (Å²) >= 11 is 12.9. The molecule has 1 saturated heterocycles. The highest BCUT2D eigenvalue weighted by Crippen LogP contribution is 2.21. The van der Waals surface area contributed by atoms with E-state index in [1.54, 1.807) is 18.2 Å². The van der Waals surface area contributed by atoms with Crippen LogP contribution in [0.15, 0.2) is 60.0 Å². The molecule has 1 aromatic heterocycles. The molecule has 1 fully saturated rings. The molecule has 170 valence electrons. The Balaban J connectivity index is 1.28. The fraction of sp³-hybridized carbons (Fsp3) is 0.208. The maximum atomic E-state index is 12.5. The molecule has 2 N–H and O–H groups in total. The molecule has 0 aliphatic carbocycles. The number of carbonyl (C=O) groups excluding carboxylic acids is 2. The third-order valence-corrected chi connectivity index (χ3v) is 6.92. The van der Waals surface area contributed by atoms with Crippen LogP contribution in [0.3, 0.4) is 0 Å². The highest BCUT2D eigenvalue weighted by atomic mass is 35.5. The molecule has 3 aromatic rings. The van der Waals surface area contributed by atoms with Gasteiger partial charge in [0.25, 0.3) is 11.8 Å². The van der Waals surface area contributed by atoms with Gasteiger partial charge in [-0.15, -0.1) is 11.3 Å². The normalized spacial score (nSPS) is 13.5. The van der Waals surface area contributed by atoms with Gasteiger partial charge in [-0.2, -0.15) is 0 Å². The Morgan fingerprint density at radius 2 is 1.76 bits per heavy atom. The first-order chi connectivity index (χ1) is 15.9. The summed E-state index contributed by atoms with van der Waals surface area (Å²) in [5.41, 5.74) is 3.21. The SMILES string of the molecule is Cc1ccc(C(=O)NC(=S)Nc2ccc(N3CCN(C(=O)c4cccs4)CC3)cc2)cc1Cl. The molecule has 9 heteroatoms. The highest BCUT2D eigenvalue weighted by molar-refractivity contribution is 7.80. The quantitative estimate of drug-likeness (QED) is 0.506. The molecule has 0 bridgehead atoms. The predicted molar refractivity (Wildman–Crippen MR) is 139 cm³/mol. The van der Waals surface area contributed by atoms with Gasteiger partial charge in [0, 0.05) is 48.1 Å². The second-order valence-electron chi connectivity index (χ2n) is 7.68. The summed E-state index contributed by atoms with van der Waals surface area (Å²) in [4.78, 5) is 29.8. The van der Waals surface area contributed by atoms with Gasteiger partial charge < -0.3 is 15.1 Å². The van der Waals surface area contributed by atoms with Crippen LogP contribution in [0.4, 0.5) is 11.4 Å². The number of benzene rings is 2. The largest absolute Gasteiger partial charge is 0.368 e. The van der Waals surface area contributed by atoms with E-state index < -0.39 is 0 Å². The first-order valence-corrected chi connectivity index (χ1v) is 12.1. The van der Waals surface area contributed by atoms with Crippen molar-refractivity contribution in [2.75, 3.05) is 36.4 Å². The second kappa shape index (κ2) is 10.3. The number of rotatable bonds is 4. The van der Waals surface area contributed by atoms with E-state index in [-0.39, 0.29) is 16.9 Å². The van der Waals surface area contributed by atoms with Crippen molar-refractivity contribution < 1.29 is 9.59 Å². The number of halogens is 1. The minimum atomic E-state index is -0.319. The van der Waals surface area contributed by atoms with Crippen LogP contribution in [0.5, 0.6) is 0 Å². The Bertz CT molecular complexity index is 1160. The number of aryl methyl sites for hydroxylation is 1. The molecular weight excluding hydrogens is 476 g/mol. The van der Waals surface area contributed by atoms with E-state index in [1.807, 2.05) is 53.6 Å². The number of piperazine rings is 1. The Hall–Kier alpha value is -2.94. The average molecular weight is 499 g/mol. The summed E-state index contributed by atoms with van der Waals surface area (Å²) < 4.78 is 0. The molecular formula is C24H23ClN4O2S2. The van der Waals surface area contributed by atoms with E-state index in [1.165, 1.54) is 11.3 Å². The summed E-state index contributed by atoms with van der Waals surface area (Å²) in [5, 5.41) is 8.38. The highest BCUT2D eigenvalue weighted by Gasteiger charge is 2.22. The van der Waals surface area contributed by atoms with Crippen molar-refractivity contribution in [1.29, 1.82) is 0 Å². The van der Waals surface area contributed by atoms with Crippen molar-refractivity contribution in [3.05, 3.63) is 81.0 Å². The van der Waals surface area contributed by atoms with Crippen LogP contribution in [0.2, 0.25) is 5.02 Å². The Morgan fingerprint density at radius 3 is 2.39 bits per heavy atom. The van der Waals surface area contributed by atoms with E-state index in [9.17, 15) is 9.59 Å². The van der Waals surface area contributed by atoms with E-state index >= 15 is 0 Å². The number of hydrogen-bond donors (Lipinski definition) is 2. The van der Waals surface area contributed by atoms with Crippen molar-refractivity contribution in [2.45, 2.75) is 6.92 Å². The van der Waals surface area contributed by atoms with Gasteiger partial charge >= 0.3 is 0 Å². The molecule has 0 radical (unpaired) electrons. The van der Waals surface area contributed by atoms with E-state index in [0.29, 0.717) is 23.7 Å². The van der Waals surface area contributed by atoms with Crippen molar-refractivity contribution >= 4 is 63.5 Å². The van der Waals surface area contributed by atoms with Gasteiger partial charge in [0.1, 0.15) is 0 Å². The van der Waals surface area contributed by atoms with Gasteiger partial charge in [-0.25, -0.2) is 0 Å². The van der Waals surface area contributed by atoms with Gasteiger partial charge in [-0.1, -0.05) is 23.7 Å². The lowest BCUT2D eigenvalue weighted by atomic mass is 10.1. The number of carbonyl (C=O) groups is 2. The lowest BCUT2D eigenvalue weighted by Crippen LogP contribution is -2.48. The summed E-state index contributed by atoms with van der Waals surface area (Å²) in [6, 6.07) is 16.7. The molecule has 1 aliphatic heterocycles. The van der Waals surface area contributed by atoms with Crippen LogP contribution in [-0.4, -0.2) is 48.0 Å². The van der Waals surface area contributed by atoms with Crippen LogP contribution >= 0.6 is 35.2 Å². The van der Waals surface area contributed by atoms with E-state index in [4.69, 9.17) is 23.8 Å². The van der Waals surface area contributed by atoms with Crippen LogP contribution in [0.25, 0.3) is 0 Å². The molecule has 2 aromatic carbocycles. The van der Waals surface area contributed by atoms with Gasteiger partial charge in [-0.3, -0.25) is 14.9 Å². The van der Waals surface area contributed by atoms with Crippen molar-refractivity contribution in [3.63, 3.8) is 0 Å². The Kier molecular flexibility index (Phi) is 7.27. The number of hydrogen-bond acceptors (Lipinski definition) is 5. The van der Waals surface area contributed by atoms with Crippen LogP contribution in [-0.2, 0) is 0 Å². The lowest BCUT2D eigenvalue weighted by Gasteiger charge is -2.36. The lowest BCUT2D eigenvalue weighted by molar-refractivity contribution is 0.0751. The number of thiocarbonyl (C=S) groups is 1. The fourth-order valence-electron chi connectivity index (χ4n) is 3.55. The van der Waals surface area contributed by atoms with Gasteiger partial charge in [0.15, 0.2) is 5.11 Å². The maximum Gasteiger partial charge on any atom is 0.264 e. The van der Waals surface area contributed by atoms with E-state index in [0.717, 1.165) is 34.9 Å². The van der Waals surface area contributed by atoms with Crippen molar-refractivity contribution in [1.82, 2.24) is 10.2 Å². The third-order valence-electron chi connectivity index (χ3n) is 5.45. The zero-order valence-corrected chi connectivity index (χ0v) is 20.4. The summed E-state index contributed by atoms with van der Waals surface area (Å²) in [6.07, 6.45) is 0. The Morgan fingerprint density at radius 1 is 1.03 bits per heavy atom. The number of anilines is 2. The van der Waals surface area contributed by atoms with Crippen molar-refractivity contribution in [3.8, 4) is 0 Å². The topological polar surface area (TPSA) is 64.7 Å². The number of thiophene rings is 1. The van der Waals surface area contributed by atoms with Crippen LogP contribution in [0.1, 0.15) is 25.6 Å². The molecule has 4 rings (SSSR count). The molecule has 33 heavy (non-hydrogen) atoms. The molecule has 0 saturated carbocycles. The third kappa shape index (κ3) is 5.71. The summed E-state index contributed by atoms with van der Waals surface area (Å²) in [6.45, 7) is 4.81. The first kappa shape index (κ1) is 23.2. The minimum absolute atomic E-state index is 0.104. The Labute approximate surface area is 207 Å². The van der Waals surface area contributed by atoms with Gasteiger partial charge in [0.05, 0.1) is 4.88 Å². The zero-order chi connectivity index (χ0) is 23.4. The molecule has 2 heterocycles. The molecule has 1 aliphatic rings. The predicted octanol–water partition coefficient (Wildman–Crippen LogP) is 4.80. The van der Waals surface area contributed by atoms with Crippen LogP contribution < -0.4 is 15.5 Å². The average Bonchev–Trinajstić information content (AvgIpc) is 3.36. The first-order valence-electron chi connectivity index (χ1n) is 10.5. The molecule has 0 spiro atoms. The minimum Gasteiger partial charge on any atom is -0.368 e. The van der Waals surface area contributed by atoms with Crippen molar-refractivity contribution in [2.24, 2.45) is 0 Å². The monoisotopic (exact) mass is 498 g/mol. The van der Waals surface area contributed by atoms with Gasteiger partial charge in [0.2, 0.25) is 0 Å². The smallest absolute Gasteiger partial charge is 0.264 e. The zero-order valence-electron chi connectivity index (χ0n) is 18.0. The van der Waals surface area contributed by atoms with Crippen LogP contribution in [0, 0.1) is 6.92 Å². The summed E-state index contributed by atoms with van der Waals surface area (Å²) in [5.74, 6) is -0.214.